The molecule has 1 aromatic rings. The molecular weight excluding hydrogens is 260 g/mol. The highest BCUT2D eigenvalue weighted by Crippen LogP contribution is 2.32. The van der Waals surface area contributed by atoms with E-state index in [0.717, 1.165) is 24.4 Å². The van der Waals surface area contributed by atoms with Crippen LogP contribution in [0.15, 0.2) is 0 Å². The summed E-state index contributed by atoms with van der Waals surface area (Å²) in [4.78, 5) is 17.9. The summed E-state index contributed by atoms with van der Waals surface area (Å²) in [5.74, 6) is -0.338. The monoisotopic (exact) mass is 280 g/mol. The molecule has 0 spiro atoms. The molecule has 1 N–H and O–H groups in total. The quantitative estimate of drug-likeness (QED) is 0.872. The summed E-state index contributed by atoms with van der Waals surface area (Å²) in [5.41, 5.74) is 0.704. The van der Waals surface area contributed by atoms with Gasteiger partial charge in [-0.3, -0.25) is 4.79 Å². The summed E-state index contributed by atoms with van der Waals surface area (Å²) in [6.07, 6.45) is 1.37. The number of carboxylic acid groups (broad SMARTS) is 1. The van der Waals surface area contributed by atoms with Crippen molar-refractivity contribution in [3.05, 3.63) is 11.4 Å². The molecule has 0 amide bonds. The number of methoxy groups -OCH3 is 1. The molecule has 1 fully saturated rings. The van der Waals surface area contributed by atoms with Crippen LogP contribution in [-0.2, 0) is 9.53 Å². The fourth-order valence-electron chi connectivity index (χ4n) is 2.51. The lowest BCUT2D eigenvalue weighted by molar-refractivity contribution is -0.153. The van der Waals surface area contributed by atoms with Crippen LogP contribution in [0.5, 0.6) is 0 Å². The molecule has 2 heterocycles. The van der Waals surface area contributed by atoms with Crippen molar-refractivity contribution in [1.82, 2.24) is 15.2 Å². The minimum absolute atomic E-state index is 0.192. The SMILES string of the molecule is COCC1(C(=O)O)CCCN(c2nnc(C)c(C)n2)C1. The number of aromatic nitrogens is 3. The first-order valence-electron chi connectivity index (χ1n) is 6.64. The number of carbonyl (C=O) groups is 1. The minimum Gasteiger partial charge on any atom is -0.481 e. The Balaban J connectivity index is 2.24. The molecule has 20 heavy (non-hydrogen) atoms. The van der Waals surface area contributed by atoms with E-state index in [4.69, 9.17) is 4.74 Å². The van der Waals surface area contributed by atoms with Gasteiger partial charge in [0.05, 0.1) is 18.0 Å². The molecule has 0 saturated carbocycles. The second-order valence-corrected chi connectivity index (χ2v) is 5.33. The van der Waals surface area contributed by atoms with E-state index in [1.165, 1.54) is 7.11 Å². The van der Waals surface area contributed by atoms with E-state index in [1.54, 1.807) is 0 Å². The molecule has 1 aromatic heterocycles. The second kappa shape index (κ2) is 5.70. The second-order valence-electron chi connectivity index (χ2n) is 5.33. The number of aliphatic carboxylic acids is 1. The smallest absolute Gasteiger partial charge is 0.313 e. The summed E-state index contributed by atoms with van der Waals surface area (Å²) < 4.78 is 5.11. The van der Waals surface area contributed by atoms with Crippen molar-refractivity contribution >= 4 is 11.9 Å². The maximum atomic E-state index is 11.6. The molecule has 1 aliphatic rings. The third-order valence-electron chi connectivity index (χ3n) is 3.81. The molecular formula is C13H20N4O3. The number of carboxylic acids is 1. The first kappa shape index (κ1) is 14.6. The molecule has 2 rings (SSSR count). The lowest BCUT2D eigenvalue weighted by Gasteiger charge is -2.39. The summed E-state index contributed by atoms with van der Waals surface area (Å²) in [6, 6.07) is 0. The number of anilines is 1. The third kappa shape index (κ3) is 2.72. The number of hydrogen-bond acceptors (Lipinski definition) is 6. The standard InChI is InChI=1S/C13H20N4O3/c1-9-10(2)15-16-12(14-9)17-6-4-5-13(7-17,8-20-3)11(18)19/h4-8H2,1-3H3,(H,18,19). The maximum Gasteiger partial charge on any atom is 0.313 e. The van der Waals surface area contributed by atoms with Crippen molar-refractivity contribution in [1.29, 1.82) is 0 Å². The highest BCUT2D eigenvalue weighted by atomic mass is 16.5. The highest BCUT2D eigenvalue weighted by Gasteiger charge is 2.43. The number of ether oxygens (including phenoxy) is 1. The predicted octanol–water partition coefficient (Wildman–Crippen LogP) is 0.806. The average Bonchev–Trinajstić information content (AvgIpc) is 2.42. The van der Waals surface area contributed by atoms with Gasteiger partial charge in [0.15, 0.2) is 0 Å². The topological polar surface area (TPSA) is 88.4 Å². The molecule has 1 aliphatic heterocycles. The Kier molecular flexibility index (Phi) is 4.17. The Morgan fingerprint density at radius 1 is 1.40 bits per heavy atom. The van der Waals surface area contributed by atoms with Crippen molar-refractivity contribution in [2.45, 2.75) is 26.7 Å². The first-order chi connectivity index (χ1) is 9.48. The van der Waals surface area contributed by atoms with Gasteiger partial charge in [-0.15, -0.1) is 5.10 Å². The van der Waals surface area contributed by atoms with Crippen LogP contribution in [0.1, 0.15) is 24.2 Å². The van der Waals surface area contributed by atoms with Crippen molar-refractivity contribution in [2.75, 3.05) is 31.7 Å². The fraction of sp³-hybridized carbons (Fsp3) is 0.692. The number of rotatable bonds is 4. The van der Waals surface area contributed by atoms with Crippen LogP contribution in [0.4, 0.5) is 5.95 Å². The lowest BCUT2D eigenvalue weighted by Crippen LogP contribution is -2.51. The van der Waals surface area contributed by atoms with Gasteiger partial charge < -0.3 is 14.7 Å². The molecule has 7 heteroatoms. The normalized spacial score (nSPS) is 22.9. The summed E-state index contributed by atoms with van der Waals surface area (Å²) in [5, 5.41) is 17.7. The van der Waals surface area contributed by atoms with Crippen molar-refractivity contribution in [3.8, 4) is 0 Å². The molecule has 1 saturated heterocycles. The van der Waals surface area contributed by atoms with E-state index < -0.39 is 11.4 Å². The van der Waals surface area contributed by atoms with Crippen LogP contribution < -0.4 is 4.90 Å². The molecule has 0 bridgehead atoms. The van der Waals surface area contributed by atoms with Gasteiger partial charge in [-0.05, 0) is 26.7 Å². The van der Waals surface area contributed by atoms with Gasteiger partial charge in [-0.1, -0.05) is 0 Å². The molecule has 0 radical (unpaired) electrons. The first-order valence-corrected chi connectivity index (χ1v) is 6.64. The number of aryl methyl sites for hydroxylation is 2. The van der Waals surface area contributed by atoms with Gasteiger partial charge in [-0.25, -0.2) is 4.98 Å². The minimum atomic E-state index is -0.894. The summed E-state index contributed by atoms with van der Waals surface area (Å²) in [6.45, 7) is 5.00. The molecule has 7 nitrogen and oxygen atoms in total. The summed E-state index contributed by atoms with van der Waals surface area (Å²) in [7, 11) is 1.53. The zero-order chi connectivity index (χ0) is 14.8. The Labute approximate surface area is 118 Å². The zero-order valence-corrected chi connectivity index (χ0v) is 12.1. The van der Waals surface area contributed by atoms with E-state index in [2.05, 4.69) is 15.2 Å². The van der Waals surface area contributed by atoms with E-state index in [0.29, 0.717) is 18.9 Å². The maximum absolute atomic E-state index is 11.6. The van der Waals surface area contributed by atoms with Gasteiger partial charge in [-0.2, -0.15) is 5.10 Å². The molecule has 0 aromatic carbocycles. The molecule has 0 aliphatic carbocycles. The van der Waals surface area contributed by atoms with Crippen LogP contribution in [-0.4, -0.2) is 53.1 Å². The van der Waals surface area contributed by atoms with Gasteiger partial charge in [0.2, 0.25) is 5.95 Å². The Morgan fingerprint density at radius 3 is 2.75 bits per heavy atom. The number of hydrogen-bond donors (Lipinski definition) is 1. The van der Waals surface area contributed by atoms with Crippen LogP contribution in [0.25, 0.3) is 0 Å². The largest absolute Gasteiger partial charge is 0.481 e. The van der Waals surface area contributed by atoms with Crippen LogP contribution in [0.2, 0.25) is 0 Å². The van der Waals surface area contributed by atoms with Crippen molar-refractivity contribution < 1.29 is 14.6 Å². The third-order valence-corrected chi connectivity index (χ3v) is 3.81. The zero-order valence-electron chi connectivity index (χ0n) is 12.1. The molecule has 110 valence electrons. The fourth-order valence-corrected chi connectivity index (χ4v) is 2.51. The Hall–Kier alpha value is -1.76. The van der Waals surface area contributed by atoms with Crippen LogP contribution >= 0.6 is 0 Å². The Bertz CT molecular complexity index is 504. The summed E-state index contributed by atoms with van der Waals surface area (Å²) >= 11 is 0. The van der Waals surface area contributed by atoms with Gasteiger partial charge >= 0.3 is 5.97 Å². The highest BCUT2D eigenvalue weighted by molar-refractivity contribution is 5.76. The van der Waals surface area contributed by atoms with E-state index in [1.807, 2.05) is 18.7 Å². The van der Waals surface area contributed by atoms with Gasteiger partial charge in [0.1, 0.15) is 5.41 Å². The average molecular weight is 280 g/mol. The number of nitrogens with zero attached hydrogens (tertiary/aromatic N) is 4. The van der Waals surface area contributed by atoms with Crippen LogP contribution in [0, 0.1) is 19.3 Å². The van der Waals surface area contributed by atoms with Gasteiger partial charge in [0.25, 0.3) is 0 Å². The van der Waals surface area contributed by atoms with E-state index >= 15 is 0 Å². The predicted molar refractivity (Wildman–Crippen MR) is 72.7 cm³/mol. The molecule has 1 atom stereocenters. The van der Waals surface area contributed by atoms with Crippen molar-refractivity contribution in [2.24, 2.45) is 5.41 Å². The molecule has 1 unspecified atom stereocenters. The Morgan fingerprint density at radius 2 is 2.15 bits per heavy atom. The van der Waals surface area contributed by atoms with Crippen LogP contribution in [0.3, 0.4) is 0 Å². The van der Waals surface area contributed by atoms with Gasteiger partial charge in [0, 0.05) is 20.2 Å². The van der Waals surface area contributed by atoms with E-state index in [-0.39, 0.29) is 6.61 Å². The van der Waals surface area contributed by atoms with E-state index in [9.17, 15) is 9.90 Å². The lowest BCUT2D eigenvalue weighted by atomic mass is 9.80. The number of piperidine rings is 1. The van der Waals surface area contributed by atoms with Crippen molar-refractivity contribution in [3.63, 3.8) is 0 Å².